The van der Waals surface area contributed by atoms with Gasteiger partial charge in [-0.2, -0.15) is 5.10 Å². The van der Waals surface area contributed by atoms with Gasteiger partial charge in [-0.3, -0.25) is 4.68 Å². The summed E-state index contributed by atoms with van der Waals surface area (Å²) in [6.07, 6.45) is 1.97. The fourth-order valence-electron chi connectivity index (χ4n) is 1.88. The Hall–Kier alpha value is -1.48. The summed E-state index contributed by atoms with van der Waals surface area (Å²) >= 11 is 6.17. The van der Waals surface area contributed by atoms with Crippen molar-refractivity contribution in [2.75, 3.05) is 5.32 Å². The molecule has 1 heterocycles. The Balaban J connectivity index is 2.20. The van der Waals surface area contributed by atoms with E-state index in [0.717, 1.165) is 22.0 Å². The smallest absolute Gasteiger partial charge is 0.0825 e. The van der Waals surface area contributed by atoms with Crippen LogP contribution < -0.4 is 5.32 Å². The standard InChI is InChI=1S/C13H16ClN3/c1-9(11-6-4-5-7-12(11)14)15-13-8-17(3)16-10(13)2/h4-9,15H,1-3H3. The number of anilines is 1. The van der Waals surface area contributed by atoms with Crippen LogP contribution in [0, 0.1) is 6.92 Å². The van der Waals surface area contributed by atoms with Crippen molar-refractivity contribution in [3.63, 3.8) is 0 Å². The average molecular weight is 250 g/mol. The van der Waals surface area contributed by atoms with E-state index in [1.54, 1.807) is 4.68 Å². The monoisotopic (exact) mass is 249 g/mol. The molecular weight excluding hydrogens is 234 g/mol. The van der Waals surface area contributed by atoms with Gasteiger partial charge in [0.1, 0.15) is 0 Å². The van der Waals surface area contributed by atoms with Crippen molar-refractivity contribution in [3.05, 3.63) is 46.7 Å². The van der Waals surface area contributed by atoms with Crippen LogP contribution in [0.2, 0.25) is 5.02 Å². The van der Waals surface area contributed by atoms with Gasteiger partial charge in [0.15, 0.2) is 0 Å². The Morgan fingerprint density at radius 3 is 2.65 bits per heavy atom. The number of rotatable bonds is 3. The summed E-state index contributed by atoms with van der Waals surface area (Å²) in [4.78, 5) is 0. The molecule has 1 aromatic carbocycles. The fraction of sp³-hybridized carbons (Fsp3) is 0.308. The zero-order chi connectivity index (χ0) is 12.4. The Labute approximate surface area is 106 Å². The van der Waals surface area contributed by atoms with Gasteiger partial charge in [0.2, 0.25) is 0 Å². The van der Waals surface area contributed by atoms with Crippen LogP contribution in [0.1, 0.15) is 24.2 Å². The number of hydrogen-bond donors (Lipinski definition) is 1. The average Bonchev–Trinajstić information content (AvgIpc) is 2.58. The second-order valence-corrected chi connectivity index (χ2v) is 4.60. The minimum Gasteiger partial charge on any atom is -0.376 e. The maximum atomic E-state index is 6.17. The topological polar surface area (TPSA) is 29.9 Å². The lowest BCUT2D eigenvalue weighted by molar-refractivity contribution is 0.756. The maximum absolute atomic E-state index is 6.17. The Kier molecular flexibility index (Phi) is 3.38. The normalized spacial score (nSPS) is 12.5. The van der Waals surface area contributed by atoms with Crippen molar-refractivity contribution < 1.29 is 0 Å². The van der Waals surface area contributed by atoms with Gasteiger partial charge in [-0.05, 0) is 25.5 Å². The molecule has 2 rings (SSSR count). The molecule has 0 saturated heterocycles. The predicted molar refractivity (Wildman–Crippen MR) is 71.4 cm³/mol. The highest BCUT2D eigenvalue weighted by atomic mass is 35.5. The first-order valence-corrected chi connectivity index (χ1v) is 5.97. The third-order valence-corrected chi connectivity index (χ3v) is 3.10. The van der Waals surface area contributed by atoms with Crippen molar-refractivity contribution >= 4 is 17.3 Å². The van der Waals surface area contributed by atoms with Crippen LogP contribution in [0.3, 0.4) is 0 Å². The molecule has 3 nitrogen and oxygen atoms in total. The minimum atomic E-state index is 0.159. The van der Waals surface area contributed by atoms with Gasteiger partial charge in [-0.1, -0.05) is 29.8 Å². The van der Waals surface area contributed by atoms with Crippen molar-refractivity contribution in [1.82, 2.24) is 9.78 Å². The number of benzene rings is 1. The summed E-state index contributed by atoms with van der Waals surface area (Å²) in [6, 6.07) is 8.03. The van der Waals surface area contributed by atoms with Crippen molar-refractivity contribution in [2.24, 2.45) is 7.05 Å². The molecule has 0 amide bonds. The lowest BCUT2D eigenvalue weighted by atomic mass is 10.1. The number of hydrogen-bond acceptors (Lipinski definition) is 2. The van der Waals surface area contributed by atoms with Gasteiger partial charge in [-0.25, -0.2) is 0 Å². The van der Waals surface area contributed by atoms with E-state index in [-0.39, 0.29) is 6.04 Å². The third kappa shape index (κ3) is 2.61. The quantitative estimate of drug-likeness (QED) is 0.902. The van der Waals surface area contributed by atoms with Crippen LogP contribution in [-0.4, -0.2) is 9.78 Å². The Morgan fingerprint density at radius 2 is 2.06 bits per heavy atom. The zero-order valence-electron chi connectivity index (χ0n) is 10.2. The molecule has 1 unspecified atom stereocenters. The van der Waals surface area contributed by atoms with Crippen molar-refractivity contribution in [2.45, 2.75) is 19.9 Å². The van der Waals surface area contributed by atoms with Crippen LogP contribution in [0.4, 0.5) is 5.69 Å². The molecule has 0 aliphatic carbocycles. The van der Waals surface area contributed by atoms with Gasteiger partial charge in [0, 0.05) is 18.3 Å². The van der Waals surface area contributed by atoms with Crippen LogP contribution >= 0.6 is 11.6 Å². The van der Waals surface area contributed by atoms with Crippen molar-refractivity contribution in [3.8, 4) is 0 Å². The fourth-order valence-corrected chi connectivity index (χ4v) is 2.18. The van der Waals surface area contributed by atoms with Crippen molar-refractivity contribution in [1.29, 1.82) is 0 Å². The molecular formula is C13H16ClN3. The second kappa shape index (κ2) is 4.80. The number of aromatic nitrogens is 2. The zero-order valence-corrected chi connectivity index (χ0v) is 11.0. The molecule has 0 saturated carbocycles. The molecule has 4 heteroatoms. The molecule has 1 atom stereocenters. The largest absolute Gasteiger partial charge is 0.376 e. The van der Waals surface area contributed by atoms with E-state index in [9.17, 15) is 0 Å². The van der Waals surface area contributed by atoms with Crippen LogP contribution in [0.15, 0.2) is 30.5 Å². The van der Waals surface area contributed by atoms with Gasteiger partial charge >= 0.3 is 0 Å². The van der Waals surface area contributed by atoms with E-state index in [1.807, 2.05) is 44.4 Å². The molecule has 2 aromatic rings. The predicted octanol–water partition coefficient (Wildman–Crippen LogP) is 3.56. The molecule has 17 heavy (non-hydrogen) atoms. The first-order valence-electron chi connectivity index (χ1n) is 5.59. The minimum absolute atomic E-state index is 0.159. The molecule has 1 N–H and O–H groups in total. The first kappa shape index (κ1) is 12.0. The SMILES string of the molecule is Cc1nn(C)cc1NC(C)c1ccccc1Cl. The lowest BCUT2D eigenvalue weighted by Gasteiger charge is -2.16. The third-order valence-electron chi connectivity index (χ3n) is 2.76. The number of nitrogens with one attached hydrogen (secondary N) is 1. The summed E-state index contributed by atoms with van der Waals surface area (Å²) in [7, 11) is 1.92. The van der Waals surface area contributed by atoms with E-state index in [1.165, 1.54) is 0 Å². The van der Waals surface area contributed by atoms with Gasteiger partial charge in [-0.15, -0.1) is 0 Å². The summed E-state index contributed by atoms with van der Waals surface area (Å²) in [6.45, 7) is 4.08. The Bertz CT molecular complexity index is 519. The highest BCUT2D eigenvalue weighted by Gasteiger charge is 2.11. The Morgan fingerprint density at radius 1 is 1.35 bits per heavy atom. The summed E-state index contributed by atoms with van der Waals surface area (Å²) in [5.41, 5.74) is 3.13. The van der Waals surface area contributed by atoms with E-state index >= 15 is 0 Å². The second-order valence-electron chi connectivity index (χ2n) is 4.19. The van der Waals surface area contributed by atoms with E-state index in [0.29, 0.717) is 0 Å². The summed E-state index contributed by atoms with van der Waals surface area (Å²) in [5.74, 6) is 0. The molecule has 0 fully saturated rings. The first-order chi connectivity index (χ1) is 8.08. The van der Waals surface area contributed by atoms with E-state index < -0.39 is 0 Å². The summed E-state index contributed by atoms with van der Waals surface area (Å²) < 4.78 is 1.80. The van der Waals surface area contributed by atoms with Crippen LogP contribution in [0.5, 0.6) is 0 Å². The summed E-state index contributed by atoms with van der Waals surface area (Å²) in [5, 5.41) is 8.51. The van der Waals surface area contributed by atoms with E-state index in [4.69, 9.17) is 11.6 Å². The molecule has 90 valence electrons. The molecule has 0 aliphatic heterocycles. The van der Waals surface area contributed by atoms with Gasteiger partial charge in [0.25, 0.3) is 0 Å². The maximum Gasteiger partial charge on any atom is 0.0825 e. The molecule has 1 aromatic heterocycles. The molecule has 0 aliphatic rings. The van der Waals surface area contributed by atoms with Gasteiger partial charge in [0.05, 0.1) is 17.4 Å². The highest BCUT2D eigenvalue weighted by Crippen LogP contribution is 2.26. The van der Waals surface area contributed by atoms with Gasteiger partial charge < -0.3 is 5.32 Å². The lowest BCUT2D eigenvalue weighted by Crippen LogP contribution is -2.07. The molecule has 0 bridgehead atoms. The number of aryl methyl sites for hydroxylation is 2. The molecule has 0 radical (unpaired) electrons. The number of halogens is 1. The molecule has 0 spiro atoms. The highest BCUT2D eigenvalue weighted by molar-refractivity contribution is 6.31. The van der Waals surface area contributed by atoms with Crippen LogP contribution in [-0.2, 0) is 7.05 Å². The van der Waals surface area contributed by atoms with Crippen LogP contribution in [0.25, 0.3) is 0 Å². The number of nitrogens with zero attached hydrogens (tertiary/aromatic N) is 2. The van der Waals surface area contributed by atoms with E-state index in [2.05, 4.69) is 17.3 Å².